The molecule has 0 N–H and O–H groups in total. The third-order valence-corrected chi connectivity index (χ3v) is 7.86. The van der Waals surface area contributed by atoms with Crippen LogP contribution in [-0.2, 0) is 11.3 Å². The van der Waals surface area contributed by atoms with E-state index in [2.05, 4.69) is 18.7 Å². The van der Waals surface area contributed by atoms with Crippen molar-refractivity contribution >= 4 is 51.7 Å². The van der Waals surface area contributed by atoms with Gasteiger partial charge in [0.15, 0.2) is 0 Å². The molecule has 2 aliphatic heterocycles. The summed E-state index contributed by atoms with van der Waals surface area (Å²) >= 11 is 6.79. The second-order valence-electron chi connectivity index (χ2n) is 9.69. The fraction of sp³-hybridized carbons (Fsp3) is 0.333. The van der Waals surface area contributed by atoms with E-state index in [0.29, 0.717) is 44.6 Å². The number of nitrogens with zero attached hydrogens (tertiary/aromatic N) is 4. The van der Waals surface area contributed by atoms with E-state index >= 15 is 0 Å². The lowest BCUT2D eigenvalue weighted by atomic mass is 9.91. The number of carbonyl (C=O) groups is 1. The predicted octanol–water partition coefficient (Wildman–Crippen LogP) is 4.89. The number of carbonyl (C=O) groups excluding carboxylic acids is 1. The van der Waals surface area contributed by atoms with Gasteiger partial charge in [0.05, 0.1) is 17.0 Å². The lowest BCUT2D eigenvalue weighted by Gasteiger charge is -2.36. The van der Waals surface area contributed by atoms with Gasteiger partial charge >= 0.3 is 0 Å². The highest BCUT2D eigenvalue weighted by atomic mass is 32.2. The number of fused-ring (bicyclic) bond motifs is 1. The van der Waals surface area contributed by atoms with Gasteiger partial charge in [-0.15, -0.1) is 0 Å². The standard InChI is InChI=1S/C27H28N4O2S2/c1-17-9-10-23-28-24(29-13-18(2)11-19(3)14-29)21(25(32)30(23)15-17)12-22-26(33)31(27(34)35-22)16-20-7-5-4-6-8-20/h4-10,12,15,18-19H,11,13-14,16H2,1-3H3/b22-12+/t18-,19-/m0/s1. The molecular weight excluding hydrogens is 476 g/mol. The molecule has 0 spiro atoms. The molecule has 6 nitrogen and oxygen atoms in total. The minimum atomic E-state index is -0.177. The molecule has 1 aromatic carbocycles. The van der Waals surface area contributed by atoms with Crippen LogP contribution in [0.15, 0.2) is 58.4 Å². The average Bonchev–Trinajstić information content (AvgIpc) is 3.08. The lowest BCUT2D eigenvalue weighted by Crippen LogP contribution is -2.40. The zero-order valence-corrected chi connectivity index (χ0v) is 21.7. The molecule has 0 radical (unpaired) electrons. The number of thiocarbonyl (C=S) groups is 1. The maximum absolute atomic E-state index is 13.7. The van der Waals surface area contributed by atoms with Crippen LogP contribution in [-0.4, -0.2) is 37.6 Å². The molecule has 180 valence electrons. The second-order valence-corrected chi connectivity index (χ2v) is 11.4. The Kier molecular flexibility index (Phi) is 6.51. The van der Waals surface area contributed by atoms with Crippen molar-refractivity contribution in [2.45, 2.75) is 33.7 Å². The minimum absolute atomic E-state index is 0.173. The topological polar surface area (TPSA) is 57.9 Å². The van der Waals surface area contributed by atoms with E-state index in [1.54, 1.807) is 21.6 Å². The van der Waals surface area contributed by atoms with Crippen LogP contribution in [0.1, 0.15) is 37.0 Å². The Labute approximate surface area is 214 Å². The van der Waals surface area contributed by atoms with Crippen LogP contribution in [0.3, 0.4) is 0 Å². The highest BCUT2D eigenvalue weighted by Gasteiger charge is 2.33. The Morgan fingerprint density at radius 2 is 1.80 bits per heavy atom. The van der Waals surface area contributed by atoms with Gasteiger partial charge in [0.2, 0.25) is 0 Å². The first kappa shape index (κ1) is 23.8. The molecule has 0 aliphatic carbocycles. The molecule has 5 rings (SSSR count). The van der Waals surface area contributed by atoms with Crippen molar-refractivity contribution in [2.24, 2.45) is 11.8 Å². The Hall–Kier alpha value is -2.97. The summed E-state index contributed by atoms with van der Waals surface area (Å²) in [6.45, 7) is 8.47. The first-order valence-corrected chi connectivity index (χ1v) is 13.1. The zero-order chi connectivity index (χ0) is 24.7. The molecule has 0 bridgehead atoms. The largest absolute Gasteiger partial charge is 0.355 e. The SMILES string of the molecule is Cc1ccc2nc(N3C[C@@H](C)C[C@H](C)C3)c(/C=C3/SC(=S)N(Cc4ccccc4)C3=O)c(=O)n2c1. The number of piperidine rings is 1. The quantitative estimate of drug-likeness (QED) is 0.373. The van der Waals surface area contributed by atoms with Crippen LogP contribution in [0, 0.1) is 18.8 Å². The monoisotopic (exact) mass is 504 g/mol. The minimum Gasteiger partial charge on any atom is -0.355 e. The average molecular weight is 505 g/mol. The zero-order valence-electron chi connectivity index (χ0n) is 20.1. The summed E-state index contributed by atoms with van der Waals surface area (Å²) in [6.07, 6.45) is 4.65. The predicted molar refractivity (Wildman–Crippen MR) is 147 cm³/mol. The molecule has 2 aliphatic rings. The van der Waals surface area contributed by atoms with Crippen LogP contribution in [0.5, 0.6) is 0 Å². The number of thioether (sulfide) groups is 1. The number of rotatable bonds is 4. The third-order valence-electron chi connectivity index (χ3n) is 6.49. The maximum Gasteiger partial charge on any atom is 0.267 e. The van der Waals surface area contributed by atoms with Crippen LogP contribution in [0.4, 0.5) is 5.82 Å². The molecule has 2 aromatic heterocycles. The molecule has 4 heterocycles. The van der Waals surface area contributed by atoms with E-state index in [1.807, 2.05) is 49.4 Å². The molecule has 2 fully saturated rings. The summed E-state index contributed by atoms with van der Waals surface area (Å²) in [5, 5.41) is 0. The van der Waals surface area contributed by atoms with Crippen LogP contribution in [0.2, 0.25) is 0 Å². The summed E-state index contributed by atoms with van der Waals surface area (Å²) < 4.78 is 2.07. The number of aromatic nitrogens is 2. The summed E-state index contributed by atoms with van der Waals surface area (Å²) in [5.74, 6) is 1.46. The van der Waals surface area contributed by atoms with Gasteiger partial charge in [-0.2, -0.15) is 0 Å². The van der Waals surface area contributed by atoms with Gasteiger partial charge < -0.3 is 4.90 Å². The highest BCUT2D eigenvalue weighted by Crippen LogP contribution is 2.35. The second kappa shape index (κ2) is 9.59. The van der Waals surface area contributed by atoms with Crippen molar-refractivity contribution in [2.75, 3.05) is 18.0 Å². The van der Waals surface area contributed by atoms with Crippen molar-refractivity contribution in [3.05, 3.63) is 80.6 Å². The Balaban J connectivity index is 1.59. The summed E-state index contributed by atoms with van der Waals surface area (Å²) in [6, 6.07) is 13.6. The molecule has 35 heavy (non-hydrogen) atoms. The van der Waals surface area contributed by atoms with E-state index in [0.717, 1.165) is 30.6 Å². The van der Waals surface area contributed by atoms with Gasteiger partial charge in [0.25, 0.3) is 11.5 Å². The van der Waals surface area contributed by atoms with Crippen molar-refractivity contribution in [3.8, 4) is 0 Å². The summed E-state index contributed by atoms with van der Waals surface area (Å²) in [7, 11) is 0. The van der Waals surface area contributed by atoms with Crippen LogP contribution >= 0.6 is 24.0 Å². The smallest absolute Gasteiger partial charge is 0.267 e. The van der Waals surface area contributed by atoms with Gasteiger partial charge in [-0.1, -0.05) is 74.2 Å². The molecular formula is C27H28N4O2S2. The van der Waals surface area contributed by atoms with Crippen molar-refractivity contribution in [1.29, 1.82) is 0 Å². The number of aryl methyl sites for hydroxylation is 1. The molecule has 3 aromatic rings. The van der Waals surface area contributed by atoms with Gasteiger partial charge in [-0.3, -0.25) is 18.9 Å². The molecule has 1 amide bonds. The Bertz CT molecular complexity index is 1390. The number of amides is 1. The molecule has 2 atom stereocenters. The first-order valence-electron chi connectivity index (χ1n) is 11.9. The van der Waals surface area contributed by atoms with E-state index < -0.39 is 0 Å². The number of anilines is 1. The van der Waals surface area contributed by atoms with Crippen LogP contribution in [0.25, 0.3) is 11.7 Å². The van der Waals surface area contributed by atoms with Gasteiger partial charge in [-0.25, -0.2) is 4.98 Å². The van der Waals surface area contributed by atoms with Gasteiger partial charge in [0, 0.05) is 19.3 Å². The van der Waals surface area contributed by atoms with E-state index in [-0.39, 0.29) is 11.5 Å². The van der Waals surface area contributed by atoms with Crippen molar-refractivity contribution in [3.63, 3.8) is 0 Å². The highest BCUT2D eigenvalue weighted by molar-refractivity contribution is 8.26. The number of hydrogen-bond donors (Lipinski definition) is 0. The lowest BCUT2D eigenvalue weighted by molar-refractivity contribution is -0.122. The summed E-state index contributed by atoms with van der Waals surface area (Å²) in [5.41, 5.74) is 2.84. The molecule has 0 unspecified atom stereocenters. The number of benzene rings is 1. The van der Waals surface area contributed by atoms with Gasteiger partial charge in [0.1, 0.15) is 15.8 Å². The first-order chi connectivity index (χ1) is 16.8. The molecule has 8 heteroatoms. The maximum atomic E-state index is 13.7. The molecule has 2 saturated heterocycles. The fourth-order valence-electron chi connectivity index (χ4n) is 4.98. The fourth-order valence-corrected chi connectivity index (χ4v) is 6.22. The number of pyridine rings is 1. The van der Waals surface area contributed by atoms with E-state index in [4.69, 9.17) is 17.2 Å². The normalized spacial score (nSPS) is 22.0. The van der Waals surface area contributed by atoms with Crippen molar-refractivity contribution in [1.82, 2.24) is 14.3 Å². The Morgan fingerprint density at radius 3 is 2.51 bits per heavy atom. The van der Waals surface area contributed by atoms with Gasteiger partial charge in [-0.05, 0) is 48.4 Å². The van der Waals surface area contributed by atoms with Crippen LogP contribution < -0.4 is 10.5 Å². The van der Waals surface area contributed by atoms with E-state index in [9.17, 15) is 9.59 Å². The molecule has 0 saturated carbocycles. The Morgan fingerprint density at radius 1 is 1.09 bits per heavy atom. The third kappa shape index (κ3) is 4.77. The number of hydrogen-bond acceptors (Lipinski definition) is 6. The summed E-state index contributed by atoms with van der Waals surface area (Å²) in [4.78, 5) is 36.3. The van der Waals surface area contributed by atoms with E-state index in [1.165, 1.54) is 11.8 Å². The van der Waals surface area contributed by atoms with Crippen molar-refractivity contribution < 1.29 is 4.79 Å².